The molecule has 1 unspecified atom stereocenters. The minimum Gasteiger partial charge on any atom is -0.377 e. The van der Waals surface area contributed by atoms with Crippen molar-refractivity contribution in [2.24, 2.45) is 0 Å². The molecule has 1 fully saturated rings. The third-order valence-electron chi connectivity index (χ3n) is 5.31. The van der Waals surface area contributed by atoms with E-state index in [0.29, 0.717) is 12.3 Å². The summed E-state index contributed by atoms with van der Waals surface area (Å²) in [7, 11) is -2.28. The van der Waals surface area contributed by atoms with E-state index in [2.05, 4.69) is 10.0 Å². The molecule has 0 bridgehead atoms. The summed E-state index contributed by atoms with van der Waals surface area (Å²) in [6, 6.07) is 11.5. The molecule has 1 saturated heterocycles. The lowest BCUT2D eigenvalue weighted by Gasteiger charge is -2.18. The average molecular weight is 460 g/mol. The maximum Gasteiger partial charge on any atom is 0.254 e. The molecule has 1 aliphatic heterocycles. The molecule has 1 atom stereocenters. The maximum absolute atomic E-state index is 12.8. The van der Waals surface area contributed by atoms with Crippen LogP contribution >= 0.6 is 0 Å². The van der Waals surface area contributed by atoms with E-state index in [1.807, 2.05) is 32.0 Å². The van der Waals surface area contributed by atoms with E-state index in [1.165, 1.54) is 36.2 Å². The van der Waals surface area contributed by atoms with Gasteiger partial charge in [0.1, 0.15) is 0 Å². The van der Waals surface area contributed by atoms with Crippen molar-refractivity contribution in [1.82, 2.24) is 9.62 Å². The van der Waals surface area contributed by atoms with Crippen LogP contribution < -0.4 is 10.0 Å². The van der Waals surface area contributed by atoms with Gasteiger partial charge in [0.05, 0.1) is 17.5 Å². The van der Waals surface area contributed by atoms with E-state index in [9.17, 15) is 18.0 Å². The summed E-state index contributed by atoms with van der Waals surface area (Å²) in [4.78, 5) is 26.5. The normalized spacial score (nSPS) is 16.0. The molecule has 172 valence electrons. The van der Waals surface area contributed by atoms with E-state index in [-0.39, 0.29) is 35.6 Å². The van der Waals surface area contributed by atoms with Gasteiger partial charge in [-0.15, -0.1) is 0 Å². The second-order valence-electron chi connectivity index (χ2n) is 8.04. The highest BCUT2D eigenvalue weighted by atomic mass is 32.2. The Morgan fingerprint density at radius 3 is 2.66 bits per heavy atom. The number of nitrogens with one attached hydrogen (secondary N) is 2. The van der Waals surface area contributed by atoms with Crippen LogP contribution in [-0.2, 0) is 19.6 Å². The molecule has 3 rings (SSSR count). The monoisotopic (exact) mass is 459 g/mol. The van der Waals surface area contributed by atoms with Gasteiger partial charge in [0.15, 0.2) is 0 Å². The molecule has 2 N–H and O–H groups in total. The van der Waals surface area contributed by atoms with Gasteiger partial charge < -0.3 is 15.0 Å². The summed E-state index contributed by atoms with van der Waals surface area (Å²) >= 11 is 0. The zero-order valence-corrected chi connectivity index (χ0v) is 19.4. The first-order chi connectivity index (χ1) is 15.2. The summed E-state index contributed by atoms with van der Waals surface area (Å²) in [6.45, 7) is 4.49. The van der Waals surface area contributed by atoms with Crippen LogP contribution in [0.2, 0.25) is 0 Å². The van der Waals surface area contributed by atoms with Gasteiger partial charge >= 0.3 is 0 Å². The Kier molecular flexibility index (Phi) is 7.65. The molecule has 9 heteroatoms. The van der Waals surface area contributed by atoms with Gasteiger partial charge in [-0.05, 0) is 62.1 Å². The first kappa shape index (κ1) is 23.9. The Morgan fingerprint density at radius 1 is 1.16 bits per heavy atom. The van der Waals surface area contributed by atoms with Gasteiger partial charge in [0.25, 0.3) is 5.91 Å². The Hall–Kier alpha value is -2.75. The molecular formula is C23H29N3O5S. The minimum absolute atomic E-state index is 0.00501. The van der Waals surface area contributed by atoms with Crippen LogP contribution in [0, 0.1) is 13.8 Å². The molecule has 32 heavy (non-hydrogen) atoms. The SMILES string of the molecule is Cc1ccc(C)c(NC(=O)CN(C)C(=O)c2cccc(S(=O)(=O)NCC3CCCO3)c2)c1. The van der Waals surface area contributed by atoms with Crippen LogP contribution in [0.5, 0.6) is 0 Å². The molecule has 1 aliphatic rings. The second kappa shape index (κ2) is 10.2. The number of aryl methyl sites for hydroxylation is 2. The number of rotatable bonds is 8. The van der Waals surface area contributed by atoms with Crippen molar-refractivity contribution in [3.8, 4) is 0 Å². The lowest BCUT2D eigenvalue weighted by molar-refractivity contribution is -0.116. The largest absolute Gasteiger partial charge is 0.377 e. The summed E-state index contributed by atoms with van der Waals surface area (Å²) in [5.41, 5.74) is 2.82. The number of carbonyl (C=O) groups is 2. The van der Waals surface area contributed by atoms with Crippen molar-refractivity contribution in [2.45, 2.75) is 37.7 Å². The van der Waals surface area contributed by atoms with Crippen molar-refractivity contribution >= 4 is 27.5 Å². The van der Waals surface area contributed by atoms with E-state index in [4.69, 9.17) is 4.74 Å². The van der Waals surface area contributed by atoms with Crippen LogP contribution in [0.15, 0.2) is 47.4 Å². The van der Waals surface area contributed by atoms with Crippen LogP contribution in [0.25, 0.3) is 0 Å². The van der Waals surface area contributed by atoms with Gasteiger partial charge in [-0.2, -0.15) is 0 Å². The number of sulfonamides is 1. The first-order valence-corrected chi connectivity index (χ1v) is 12.0. The fraction of sp³-hybridized carbons (Fsp3) is 0.391. The van der Waals surface area contributed by atoms with Crippen molar-refractivity contribution in [1.29, 1.82) is 0 Å². The summed E-state index contributed by atoms with van der Waals surface area (Å²) in [5, 5.41) is 2.82. The molecule has 1 heterocycles. The second-order valence-corrected chi connectivity index (χ2v) is 9.81. The molecule has 0 aromatic heterocycles. The fourth-order valence-corrected chi connectivity index (χ4v) is 4.57. The summed E-state index contributed by atoms with van der Waals surface area (Å²) < 4.78 is 33.2. The molecule has 0 saturated carbocycles. The van der Waals surface area contributed by atoms with Crippen LogP contribution in [0.4, 0.5) is 5.69 Å². The van der Waals surface area contributed by atoms with Gasteiger partial charge in [-0.3, -0.25) is 9.59 Å². The van der Waals surface area contributed by atoms with Crippen molar-refractivity contribution in [3.05, 3.63) is 59.2 Å². The Bertz CT molecular complexity index is 1090. The van der Waals surface area contributed by atoms with E-state index >= 15 is 0 Å². The smallest absolute Gasteiger partial charge is 0.254 e. The zero-order chi connectivity index (χ0) is 23.3. The summed E-state index contributed by atoms with van der Waals surface area (Å²) in [5.74, 6) is -0.783. The molecule has 2 aromatic carbocycles. The van der Waals surface area contributed by atoms with Crippen molar-refractivity contribution < 1.29 is 22.7 Å². The molecule has 0 spiro atoms. The molecule has 0 aliphatic carbocycles. The van der Waals surface area contributed by atoms with Gasteiger partial charge in [0.2, 0.25) is 15.9 Å². The molecular weight excluding hydrogens is 430 g/mol. The third kappa shape index (κ3) is 6.15. The van der Waals surface area contributed by atoms with Gasteiger partial charge in [-0.25, -0.2) is 13.1 Å². The zero-order valence-electron chi connectivity index (χ0n) is 18.6. The minimum atomic E-state index is -3.78. The van der Waals surface area contributed by atoms with E-state index in [0.717, 1.165) is 24.0 Å². The van der Waals surface area contributed by atoms with Crippen molar-refractivity contribution in [2.75, 3.05) is 32.1 Å². The van der Waals surface area contributed by atoms with E-state index < -0.39 is 15.9 Å². The highest BCUT2D eigenvalue weighted by Gasteiger charge is 2.22. The maximum atomic E-state index is 12.8. The predicted octanol–water partition coefficient (Wildman–Crippen LogP) is 2.47. The standard InChI is InChI=1S/C23H29N3O5S/c1-16-9-10-17(2)21(12-16)25-22(27)15-26(3)23(28)18-6-4-8-20(13-18)32(29,30)24-14-19-7-5-11-31-19/h4,6,8-10,12-13,19,24H,5,7,11,14-15H2,1-3H3,(H,25,27). The van der Waals surface area contributed by atoms with Crippen molar-refractivity contribution in [3.63, 3.8) is 0 Å². The number of benzene rings is 2. The lowest BCUT2D eigenvalue weighted by Crippen LogP contribution is -2.35. The number of amides is 2. The Morgan fingerprint density at radius 2 is 1.94 bits per heavy atom. The Balaban J connectivity index is 1.63. The van der Waals surface area contributed by atoms with Crippen LogP contribution in [-0.4, -0.2) is 58.0 Å². The van der Waals surface area contributed by atoms with Gasteiger partial charge in [0, 0.05) is 31.5 Å². The highest BCUT2D eigenvalue weighted by molar-refractivity contribution is 7.89. The number of likely N-dealkylation sites (N-methyl/N-ethyl adjacent to an activating group) is 1. The molecule has 2 aromatic rings. The fourth-order valence-electron chi connectivity index (χ4n) is 3.46. The summed E-state index contributed by atoms with van der Waals surface area (Å²) in [6.07, 6.45) is 1.60. The number of hydrogen-bond acceptors (Lipinski definition) is 5. The number of carbonyl (C=O) groups excluding carboxylic acids is 2. The molecule has 2 amide bonds. The van der Waals surface area contributed by atoms with Crippen LogP contribution in [0.3, 0.4) is 0 Å². The highest BCUT2D eigenvalue weighted by Crippen LogP contribution is 2.17. The third-order valence-corrected chi connectivity index (χ3v) is 6.73. The van der Waals surface area contributed by atoms with Crippen LogP contribution in [0.1, 0.15) is 34.3 Å². The quantitative estimate of drug-likeness (QED) is 0.631. The first-order valence-electron chi connectivity index (χ1n) is 10.5. The number of hydrogen-bond donors (Lipinski definition) is 2. The number of ether oxygens (including phenoxy) is 1. The number of anilines is 1. The van der Waals surface area contributed by atoms with E-state index in [1.54, 1.807) is 0 Å². The topological polar surface area (TPSA) is 105 Å². The molecule has 0 radical (unpaired) electrons. The number of nitrogens with zero attached hydrogens (tertiary/aromatic N) is 1. The predicted molar refractivity (Wildman–Crippen MR) is 122 cm³/mol. The Labute approximate surface area is 189 Å². The van der Waals surface area contributed by atoms with Gasteiger partial charge in [-0.1, -0.05) is 18.2 Å². The lowest BCUT2D eigenvalue weighted by atomic mass is 10.1. The molecule has 8 nitrogen and oxygen atoms in total. The average Bonchev–Trinajstić information content (AvgIpc) is 3.28.